The summed E-state index contributed by atoms with van der Waals surface area (Å²) in [4.78, 5) is 4.25. The highest BCUT2D eigenvalue weighted by atomic mass is 19.4. The molecule has 2 nitrogen and oxygen atoms in total. The Bertz CT molecular complexity index is 783. The van der Waals surface area contributed by atoms with Crippen molar-refractivity contribution in [3.63, 3.8) is 0 Å². The number of halogens is 3. The number of aliphatic hydroxyl groups is 1. The maximum absolute atomic E-state index is 12.7. The molecule has 1 N–H and O–H groups in total. The van der Waals surface area contributed by atoms with Gasteiger partial charge in [0, 0.05) is 16.3 Å². The Hall–Kier alpha value is -2.14. The van der Waals surface area contributed by atoms with E-state index in [-0.39, 0.29) is 11.1 Å². The minimum Gasteiger partial charge on any atom is -0.379 e. The zero-order chi connectivity index (χ0) is 14.3. The van der Waals surface area contributed by atoms with Crippen molar-refractivity contribution in [2.75, 3.05) is 0 Å². The van der Waals surface area contributed by atoms with Crippen LogP contribution in [0.4, 0.5) is 13.2 Å². The molecule has 5 heteroatoms. The maximum Gasteiger partial charge on any atom is 0.418 e. The van der Waals surface area contributed by atoms with Crippen LogP contribution < -0.4 is 0 Å². The van der Waals surface area contributed by atoms with Gasteiger partial charge in [0.1, 0.15) is 0 Å². The van der Waals surface area contributed by atoms with Crippen LogP contribution in [0.3, 0.4) is 0 Å². The first-order valence-electron chi connectivity index (χ1n) is 6.00. The summed E-state index contributed by atoms with van der Waals surface area (Å²) in [5.41, 5.74) is 0.554. The quantitative estimate of drug-likeness (QED) is 0.682. The highest BCUT2D eigenvalue weighted by Crippen LogP contribution is 2.35. The summed E-state index contributed by atoms with van der Waals surface area (Å²) in [6.07, 6.45) is -7.23. The summed E-state index contributed by atoms with van der Waals surface area (Å²) in [5.74, 6) is 0. The number of nitrogens with zero attached hydrogens (tertiary/aromatic N) is 1. The van der Waals surface area contributed by atoms with Gasteiger partial charge in [0.15, 0.2) is 6.10 Å². The van der Waals surface area contributed by atoms with Crippen LogP contribution in [-0.4, -0.2) is 16.3 Å². The molecule has 0 aliphatic carbocycles. The van der Waals surface area contributed by atoms with E-state index in [2.05, 4.69) is 4.98 Å². The summed E-state index contributed by atoms with van der Waals surface area (Å²) >= 11 is 0. The first-order valence-corrected chi connectivity index (χ1v) is 6.00. The number of benzene rings is 2. The lowest BCUT2D eigenvalue weighted by Gasteiger charge is -2.16. The van der Waals surface area contributed by atoms with Crippen LogP contribution in [0.2, 0.25) is 0 Å². The van der Waals surface area contributed by atoms with Crippen molar-refractivity contribution in [2.45, 2.75) is 12.3 Å². The molecule has 0 spiro atoms. The van der Waals surface area contributed by atoms with Crippen molar-refractivity contribution in [1.82, 2.24) is 4.98 Å². The van der Waals surface area contributed by atoms with E-state index in [9.17, 15) is 18.3 Å². The van der Waals surface area contributed by atoms with E-state index in [1.54, 1.807) is 24.3 Å². The summed E-state index contributed by atoms with van der Waals surface area (Å²) in [6.45, 7) is 0. The number of hydrogen-bond acceptors (Lipinski definition) is 2. The average Bonchev–Trinajstić information content (AvgIpc) is 2.42. The molecular formula is C15H10F3NO. The number of pyridine rings is 1. The molecule has 1 aromatic heterocycles. The predicted molar refractivity (Wildman–Crippen MR) is 70.3 cm³/mol. The van der Waals surface area contributed by atoms with Crippen LogP contribution in [-0.2, 0) is 0 Å². The summed E-state index contributed by atoms with van der Waals surface area (Å²) in [7, 11) is 0. The number of rotatable bonds is 1. The monoisotopic (exact) mass is 277 g/mol. The number of aromatic nitrogens is 1. The van der Waals surface area contributed by atoms with Crippen LogP contribution in [0.5, 0.6) is 0 Å². The summed E-state index contributed by atoms with van der Waals surface area (Å²) < 4.78 is 38.1. The maximum atomic E-state index is 12.7. The molecule has 20 heavy (non-hydrogen) atoms. The molecule has 0 saturated heterocycles. The Morgan fingerprint density at radius 2 is 1.65 bits per heavy atom. The van der Waals surface area contributed by atoms with E-state index in [4.69, 9.17) is 0 Å². The molecular weight excluding hydrogens is 267 g/mol. The average molecular weight is 277 g/mol. The third kappa shape index (κ3) is 2.10. The molecule has 1 unspecified atom stereocenters. The van der Waals surface area contributed by atoms with Crippen LogP contribution >= 0.6 is 0 Å². The highest BCUT2D eigenvalue weighted by molar-refractivity contribution is 5.94. The number of aliphatic hydroxyl groups excluding tert-OH is 1. The van der Waals surface area contributed by atoms with Crippen molar-refractivity contribution in [3.8, 4) is 0 Å². The van der Waals surface area contributed by atoms with E-state index >= 15 is 0 Å². The van der Waals surface area contributed by atoms with Gasteiger partial charge < -0.3 is 5.11 Å². The Morgan fingerprint density at radius 3 is 2.40 bits per heavy atom. The Balaban J connectivity index is 2.31. The first-order chi connectivity index (χ1) is 9.47. The van der Waals surface area contributed by atoms with Gasteiger partial charge in [-0.2, -0.15) is 13.2 Å². The fraction of sp³-hybridized carbons (Fsp3) is 0.133. The molecule has 1 heterocycles. The van der Waals surface area contributed by atoms with E-state index in [0.29, 0.717) is 10.9 Å². The normalized spacial score (nSPS) is 13.8. The van der Waals surface area contributed by atoms with Gasteiger partial charge in [-0.05, 0) is 12.1 Å². The van der Waals surface area contributed by atoms with Gasteiger partial charge in [-0.15, -0.1) is 0 Å². The molecule has 0 aliphatic rings. The van der Waals surface area contributed by atoms with E-state index in [1.807, 2.05) is 12.1 Å². The zero-order valence-corrected chi connectivity index (χ0v) is 10.2. The van der Waals surface area contributed by atoms with E-state index < -0.39 is 12.3 Å². The largest absolute Gasteiger partial charge is 0.418 e. The lowest BCUT2D eigenvalue weighted by Crippen LogP contribution is -2.20. The molecule has 0 amide bonds. The van der Waals surface area contributed by atoms with Crippen LogP contribution in [0.15, 0.2) is 48.5 Å². The molecule has 0 fully saturated rings. The minimum atomic E-state index is -4.71. The Kier molecular flexibility index (Phi) is 2.87. The van der Waals surface area contributed by atoms with Crippen LogP contribution in [0, 0.1) is 0 Å². The van der Waals surface area contributed by atoms with Crippen LogP contribution in [0.25, 0.3) is 21.8 Å². The molecule has 102 valence electrons. The third-order valence-corrected chi connectivity index (χ3v) is 3.18. The second-order valence-electron chi connectivity index (χ2n) is 4.54. The lowest BCUT2D eigenvalue weighted by molar-refractivity contribution is -0.206. The fourth-order valence-electron chi connectivity index (χ4n) is 2.22. The lowest BCUT2D eigenvalue weighted by atomic mass is 10.0. The number of alkyl halides is 3. The third-order valence-electron chi connectivity index (χ3n) is 3.18. The second-order valence-corrected chi connectivity index (χ2v) is 4.54. The number of para-hydroxylation sites is 2. The smallest absolute Gasteiger partial charge is 0.379 e. The SMILES string of the molecule is OC(c1cccc2cc3ccccc3nc12)C(F)(F)F. The van der Waals surface area contributed by atoms with Crippen molar-refractivity contribution in [2.24, 2.45) is 0 Å². The van der Waals surface area contributed by atoms with Crippen molar-refractivity contribution >= 4 is 21.8 Å². The first kappa shape index (κ1) is 12.9. The van der Waals surface area contributed by atoms with Gasteiger partial charge in [-0.1, -0.05) is 36.4 Å². The predicted octanol–water partition coefficient (Wildman–Crippen LogP) is 3.98. The number of fused-ring (bicyclic) bond motifs is 2. The molecule has 2 aromatic carbocycles. The van der Waals surface area contributed by atoms with Gasteiger partial charge >= 0.3 is 6.18 Å². The molecule has 0 aliphatic heterocycles. The highest BCUT2D eigenvalue weighted by Gasteiger charge is 2.40. The van der Waals surface area contributed by atoms with Crippen molar-refractivity contribution in [3.05, 3.63) is 54.1 Å². The minimum absolute atomic E-state index is 0.177. The Labute approximate surface area is 112 Å². The summed E-state index contributed by atoms with van der Waals surface area (Å²) in [5, 5.41) is 10.9. The fourth-order valence-corrected chi connectivity index (χ4v) is 2.22. The molecule has 0 bridgehead atoms. The van der Waals surface area contributed by atoms with Gasteiger partial charge in [-0.3, -0.25) is 0 Å². The summed E-state index contributed by atoms with van der Waals surface area (Å²) in [6, 6.07) is 13.4. The van der Waals surface area contributed by atoms with Crippen LogP contribution in [0.1, 0.15) is 11.7 Å². The zero-order valence-electron chi connectivity index (χ0n) is 10.2. The van der Waals surface area contributed by atoms with Crippen molar-refractivity contribution in [1.29, 1.82) is 0 Å². The molecule has 3 rings (SSSR count). The molecule has 3 aromatic rings. The van der Waals surface area contributed by atoms with E-state index in [1.165, 1.54) is 12.1 Å². The van der Waals surface area contributed by atoms with Gasteiger partial charge in [0.2, 0.25) is 0 Å². The molecule has 1 atom stereocenters. The molecule has 0 saturated carbocycles. The van der Waals surface area contributed by atoms with Crippen molar-refractivity contribution < 1.29 is 18.3 Å². The molecule has 0 radical (unpaired) electrons. The van der Waals surface area contributed by atoms with E-state index in [0.717, 1.165) is 5.39 Å². The standard InChI is InChI=1S/C15H10F3NO/c16-15(17,18)14(20)11-6-3-5-10-8-9-4-1-2-7-12(9)19-13(10)11/h1-8,14,20H. The van der Waals surface area contributed by atoms with Gasteiger partial charge in [0.25, 0.3) is 0 Å². The second kappa shape index (κ2) is 4.45. The Morgan fingerprint density at radius 1 is 0.950 bits per heavy atom. The number of hydrogen-bond donors (Lipinski definition) is 1. The van der Waals surface area contributed by atoms with Gasteiger partial charge in [-0.25, -0.2) is 4.98 Å². The topological polar surface area (TPSA) is 33.1 Å². The van der Waals surface area contributed by atoms with Gasteiger partial charge in [0.05, 0.1) is 11.0 Å².